The number of carbonyl (C=O) groups is 1. The largest absolute Gasteiger partial charge is 0.311 e. The summed E-state index contributed by atoms with van der Waals surface area (Å²) in [5.74, 6) is 0.514. The Labute approximate surface area is 66.2 Å². The van der Waals surface area contributed by atoms with Crippen LogP contribution in [0.5, 0.6) is 0 Å². The van der Waals surface area contributed by atoms with E-state index >= 15 is 0 Å². The van der Waals surface area contributed by atoms with Gasteiger partial charge in [0, 0.05) is 13.1 Å². The zero-order valence-corrected chi connectivity index (χ0v) is 6.59. The maximum absolute atomic E-state index is 10.6. The second kappa shape index (κ2) is 3.19. The van der Waals surface area contributed by atoms with Crippen LogP contribution in [0.2, 0.25) is 0 Å². The third kappa shape index (κ3) is 2.41. The number of hydrogen-bond acceptors (Lipinski definition) is 2. The first kappa shape index (κ1) is 7.79. The number of pyridine rings is 1. The van der Waals surface area contributed by atoms with Gasteiger partial charge < -0.3 is 5.32 Å². The molecule has 0 unspecified atom stereocenters. The third-order valence-corrected chi connectivity index (χ3v) is 1.22. The maximum Gasteiger partial charge on any atom is 0.222 e. The second-order valence-corrected chi connectivity index (χ2v) is 2.40. The van der Waals surface area contributed by atoms with Crippen LogP contribution in [0.1, 0.15) is 6.92 Å². The molecule has 1 rings (SSSR count). The molecule has 0 aliphatic heterocycles. The Morgan fingerprint density at radius 1 is 1.73 bits per heavy atom. The van der Waals surface area contributed by atoms with E-state index in [1.54, 1.807) is 6.20 Å². The van der Waals surface area contributed by atoms with E-state index < -0.39 is 0 Å². The van der Waals surface area contributed by atoms with E-state index in [4.69, 9.17) is 0 Å². The molecule has 0 atom stereocenters. The first-order chi connectivity index (χ1) is 5.18. The molecule has 1 aromatic rings. The number of nitrogens with zero attached hydrogens (tertiary/aromatic N) is 1. The fraction of sp³-hybridized carbons (Fsp3) is 0.143. The Kier molecular flexibility index (Phi) is 2.26. The first-order valence-electron chi connectivity index (χ1n) is 3.39. The number of anilines is 1. The highest BCUT2D eigenvalue weighted by molar-refractivity contribution is 6.32. The van der Waals surface area contributed by atoms with Gasteiger partial charge in [-0.05, 0) is 12.1 Å². The second-order valence-electron chi connectivity index (χ2n) is 2.40. The van der Waals surface area contributed by atoms with E-state index in [-0.39, 0.29) is 5.91 Å². The summed E-state index contributed by atoms with van der Waals surface area (Å²) >= 11 is 0. The summed E-state index contributed by atoms with van der Waals surface area (Å²) < 4.78 is 0. The Morgan fingerprint density at radius 3 is 3.00 bits per heavy atom. The molecule has 0 saturated heterocycles. The summed E-state index contributed by atoms with van der Waals surface area (Å²) in [7, 11) is 1.95. The van der Waals surface area contributed by atoms with Crippen LogP contribution in [0.15, 0.2) is 18.3 Å². The molecule has 0 aromatic carbocycles. The van der Waals surface area contributed by atoms with E-state index in [9.17, 15) is 4.79 Å². The average molecular weight is 148 g/mol. The molecule has 11 heavy (non-hydrogen) atoms. The molecule has 0 bridgehead atoms. The van der Waals surface area contributed by atoms with Gasteiger partial charge in [-0.15, -0.1) is 0 Å². The SMILES string of the molecule is Bc1ccnc(NC(C)=O)c1. The summed E-state index contributed by atoms with van der Waals surface area (Å²) in [6.45, 7) is 1.46. The number of amides is 1. The molecule has 4 heteroatoms. The first-order valence-corrected chi connectivity index (χ1v) is 3.39. The molecule has 1 heterocycles. The molecular formula is C7H9BN2O. The average Bonchev–Trinajstić information content (AvgIpc) is 1.85. The highest BCUT2D eigenvalue weighted by Gasteiger charge is 1.94. The van der Waals surface area contributed by atoms with Crippen LogP contribution in [0.25, 0.3) is 0 Å². The summed E-state index contributed by atoms with van der Waals surface area (Å²) in [5.41, 5.74) is 1.09. The van der Waals surface area contributed by atoms with Crippen molar-refractivity contribution in [3.63, 3.8) is 0 Å². The zero-order chi connectivity index (χ0) is 8.27. The van der Waals surface area contributed by atoms with Crippen molar-refractivity contribution in [1.29, 1.82) is 0 Å². The molecule has 1 N–H and O–H groups in total. The highest BCUT2D eigenvalue weighted by atomic mass is 16.1. The summed E-state index contributed by atoms with van der Waals surface area (Å²) in [5, 5.41) is 2.60. The van der Waals surface area contributed by atoms with Crippen molar-refractivity contribution in [1.82, 2.24) is 4.98 Å². The van der Waals surface area contributed by atoms with E-state index in [0.29, 0.717) is 5.82 Å². The van der Waals surface area contributed by atoms with Crippen LogP contribution in [-0.4, -0.2) is 18.7 Å². The Hall–Kier alpha value is -1.32. The highest BCUT2D eigenvalue weighted by Crippen LogP contribution is 1.96. The molecule has 0 spiro atoms. The predicted molar refractivity (Wildman–Crippen MR) is 46.7 cm³/mol. The number of aromatic nitrogens is 1. The minimum absolute atomic E-state index is 0.0944. The van der Waals surface area contributed by atoms with Gasteiger partial charge in [0.05, 0.1) is 0 Å². The lowest BCUT2D eigenvalue weighted by molar-refractivity contribution is -0.114. The molecule has 0 aliphatic rings. The van der Waals surface area contributed by atoms with Gasteiger partial charge in [0.1, 0.15) is 13.7 Å². The Balaban J connectivity index is 2.79. The van der Waals surface area contributed by atoms with Crippen LogP contribution in [0, 0.1) is 0 Å². The van der Waals surface area contributed by atoms with Crippen molar-refractivity contribution in [3.8, 4) is 0 Å². The number of nitrogens with one attached hydrogen (secondary N) is 1. The molecule has 0 aliphatic carbocycles. The molecular weight excluding hydrogens is 139 g/mol. The lowest BCUT2D eigenvalue weighted by Crippen LogP contribution is -2.11. The van der Waals surface area contributed by atoms with E-state index in [2.05, 4.69) is 10.3 Å². The summed E-state index contributed by atoms with van der Waals surface area (Å²) in [6, 6.07) is 3.70. The minimum Gasteiger partial charge on any atom is -0.311 e. The molecule has 0 radical (unpaired) electrons. The molecule has 3 nitrogen and oxygen atoms in total. The monoisotopic (exact) mass is 148 g/mol. The number of rotatable bonds is 1. The van der Waals surface area contributed by atoms with Crippen molar-refractivity contribution in [3.05, 3.63) is 18.3 Å². The zero-order valence-electron chi connectivity index (χ0n) is 6.59. The normalized spacial score (nSPS) is 9.18. The van der Waals surface area contributed by atoms with Crippen LogP contribution >= 0.6 is 0 Å². The lowest BCUT2D eigenvalue weighted by Gasteiger charge is -1.99. The van der Waals surface area contributed by atoms with Gasteiger partial charge in [-0.1, -0.05) is 5.46 Å². The fourth-order valence-electron chi connectivity index (χ4n) is 0.785. The smallest absolute Gasteiger partial charge is 0.222 e. The standard InChI is InChI=1S/C7H9BN2O/c1-5(11)10-7-4-6(8)2-3-9-7/h2-4H,8H2,1H3,(H,9,10,11). The van der Waals surface area contributed by atoms with Gasteiger partial charge >= 0.3 is 0 Å². The van der Waals surface area contributed by atoms with Crippen molar-refractivity contribution in [2.45, 2.75) is 6.92 Å². The van der Waals surface area contributed by atoms with E-state index in [0.717, 1.165) is 5.46 Å². The van der Waals surface area contributed by atoms with Gasteiger partial charge in [-0.2, -0.15) is 0 Å². The van der Waals surface area contributed by atoms with Crippen LogP contribution < -0.4 is 10.8 Å². The Bertz CT molecular complexity index is 275. The van der Waals surface area contributed by atoms with Gasteiger partial charge in [0.25, 0.3) is 0 Å². The number of carbonyl (C=O) groups excluding carboxylic acids is 1. The predicted octanol–water partition coefficient (Wildman–Crippen LogP) is -0.702. The summed E-state index contributed by atoms with van der Waals surface area (Å²) in [6.07, 6.45) is 1.67. The summed E-state index contributed by atoms with van der Waals surface area (Å²) in [4.78, 5) is 14.5. The fourth-order valence-corrected chi connectivity index (χ4v) is 0.785. The van der Waals surface area contributed by atoms with Crippen molar-refractivity contribution in [2.75, 3.05) is 5.32 Å². The van der Waals surface area contributed by atoms with Gasteiger partial charge in [-0.25, -0.2) is 4.98 Å². The minimum atomic E-state index is -0.0944. The van der Waals surface area contributed by atoms with E-state index in [1.807, 2.05) is 20.0 Å². The van der Waals surface area contributed by atoms with Crippen molar-refractivity contribution in [2.24, 2.45) is 0 Å². The van der Waals surface area contributed by atoms with Gasteiger partial charge in [-0.3, -0.25) is 4.79 Å². The van der Waals surface area contributed by atoms with Crippen LogP contribution in [-0.2, 0) is 4.79 Å². The molecule has 1 aromatic heterocycles. The van der Waals surface area contributed by atoms with E-state index in [1.165, 1.54) is 6.92 Å². The van der Waals surface area contributed by atoms with Crippen molar-refractivity contribution >= 4 is 25.0 Å². The topological polar surface area (TPSA) is 42.0 Å². The van der Waals surface area contributed by atoms with Crippen LogP contribution in [0.4, 0.5) is 5.82 Å². The molecule has 0 fully saturated rings. The van der Waals surface area contributed by atoms with Crippen molar-refractivity contribution < 1.29 is 4.79 Å². The van der Waals surface area contributed by atoms with Gasteiger partial charge in [0.2, 0.25) is 5.91 Å². The molecule has 56 valence electrons. The van der Waals surface area contributed by atoms with Crippen LogP contribution in [0.3, 0.4) is 0 Å². The third-order valence-electron chi connectivity index (χ3n) is 1.22. The maximum atomic E-state index is 10.6. The molecule has 1 amide bonds. The lowest BCUT2D eigenvalue weighted by atomic mass is 9.98. The molecule has 0 saturated carbocycles. The Morgan fingerprint density at radius 2 is 2.45 bits per heavy atom. The van der Waals surface area contributed by atoms with Gasteiger partial charge in [0.15, 0.2) is 0 Å². The quantitative estimate of drug-likeness (QED) is 0.535. The number of hydrogen-bond donors (Lipinski definition) is 1.